The summed E-state index contributed by atoms with van der Waals surface area (Å²) < 4.78 is 0. The van der Waals surface area contributed by atoms with E-state index in [0.29, 0.717) is 15.6 Å². The number of nitrogens with zero attached hydrogens (tertiary/aromatic N) is 1. The van der Waals surface area contributed by atoms with Crippen LogP contribution in [0.4, 0.5) is 4.79 Å². The Kier molecular flexibility index (Phi) is 5.00. The van der Waals surface area contributed by atoms with Gasteiger partial charge in [0.15, 0.2) is 0 Å². The lowest BCUT2D eigenvalue weighted by Gasteiger charge is -2.07. The molecule has 0 heterocycles. The Hall–Kier alpha value is -1.03. The quantitative estimate of drug-likeness (QED) is 0.472. The summed E-state index contributed by atoms with van der Waals surface area (Å²) in [6, 6.07) is 4.87. The minimum Gasteiger partial charge on any atom is -0.269 e. The van der Waals surface area contributed by atoms with Gasteiger partial charge in [0.25, 0.3) is 5.91 Å². The molecule has 0 bridgehead atoms. The zero-order valence-electron chi connectivity index (χ0n) is 8.78. The predicted octanol–water partition coefficient (Wildman–Crippen LogP) is 3.82. The summed E-state index contributed by atoms with van der Waals surface area (Å²) >= 11 is 16.8. The van der Waals surface area contributed by atoms with Gasteiger partial charge in [-0.3, -0.25) is 14.5 Å². The van der Waals surface area contributed by atoms with E-state index in [0.717, 1.165) is 4.90 Å². The standard InChI is InChI=1S/C11H8Cl3NO2/c1-15(11(14)17)10(16)5-3-7-2-4-8(12)6-9(7)13/h2-6H,1H3. The van der Waals surface area contributed by atoms with Gasteiger partial charge < -0.3 is 0 Å². The Bertz CT molecular complexity index is 486. The molecule has 0 saturated carbocycles. The molecule has 0 aromatic heterocycles. The Labute approximate surface area is 114 Å². The van der Waals surface area contributed by atoms with Crippen LogP contribution in [0.3, 0.4) is 0 Å². The maximum absolute atomic E-state index is 11.4. The van der Waals surface area contributed by atoms with Gasteiger partial charge in [-0.25, -0.2) is 0 Å². The van der Waals surface area contributed by atoms with Crippen LogP contribution in [-0.4, -0.2) is 23.2 Å². The largest absolute Gasteiger partial charge is 0.323 e. The van der Waals surface area contributed by atoms with Crippen molar-refractivity contribution in [2.75, 3.05) is 7.05 Å². The van der Waals surface area contributed by atoms with Crippen LogP contribution >= 0.6 is 34.8 Å². The normalized spacial score (nSPS) is 10.6. The summed E-state index contributed by atoms with van der Waals surface area (Å²) in [6.07, 6.45) is 2.69. The molecule has 0 aliphatic heterocycles. The number of likely N-dealkylation sites (N-methyl/N-ethyl adjacent to an activating group) is 1. The van der Waals surface area contributed by atoms with Crippen LogP contribution in [0.1, 0.15) is 5.56 Å². The second-order valence-electron chi connectivity index (χ2n) is 3.15. The van der Waals surface area contributed by atoms with Crippen LogP contribution in [0.5, 0.6) is 0 Å². The first-order valence-electron chi connectivity index (χ1n) is 4.52. The highest BCUT2D eigenvalue weighted by Crippen LogP contribution is 2.21. The lowest BCUT2D eigenvalue weighted by molar-refractivity contribution is -0.121. The molecule has 1 rings (SSSR count). The van der Waals surface area contributed by atoms with E-state index in [1.165, 1.54) is 19.2 Å². The van der Waals surface area contributed by atoms with Crippen molar-refractivity contribution >= 4 is 52.2 Å². The maximum atomic E-state index is 11.4. The van der Waals surface area contributed by atoms with E-state index in [9.17, 15) is 9.59 Å². The summed E-state index contributed by atoms with van der Waals surface area (Å²) in [5, 5.41) is 0.0785. The lowest BCUT2D eigenvalue weighted by Crippen LogP contribution is -2.26. The van der Waals surface area contributed by atoms with Crippen LogP contribution in [0, 0.1) is 0 Å². The third-order valence-electron chi connectivity index (χ3n) is 1.96. The smallest absolute Gasteiger partial charge is 0.269 e. The lowest BCUT2D eigenvalue weighted by atomic mass is 10.2. The highest BCUT2D eigenvalue weighted by molar-refractivity contribution is 6.64. The van der Waals surface area contributed by atoms with Gasteiger partial charge in [0.05, 0.1) is 0 Å². The minimum absolute atomic E-state index is 0.418. The van der Waals surface area contributed by atoms with E-state index < -0.39 is 11.3 Å². The number of halogens is 3. The number of hydrogen-bond acceptors (Lipinski definition) is 2. The molecule has 0 N–H and O–H groups in total. The number of amides is 2. The fourth-order valence-electron chi connectivity index (χ4n) is 0.996. The third kappa shape index (κ3) is 4.04. The van der Waals surface area contributed by atoms with Gasteiger partial charge in [0.2, 0.25) is 0 Å². The average molecular weight is 293 g/mol. The van der Waals surface area contributed by atoms with Gasteiger partial charge in [-0.1, -0.05) is 29.3 Å². The number of benzene rings is 1. The molecule has 0 aliphatic rings. The van der Waals surface area contributed by atoms with E-state index in [4.69, 9.17) is 34.8 Å². The molecule has 2 amide bonds. The number of hydrogen-bond donors (Lipinski definition) is 0. The Morgan fingerprint density at radius 2 is 1.94 bits per heavy atom. The molecule has 1 aromatic carbocycles. The molecule has 0 aliphatic carbocycles. The summed E-state index contributed by atoms with van der Waals surface area (Å²) in [4.78, 5) is 22.9. The van der Waals surface area contributed by atoms with Crippen LogP contribution < -0.4 is 0 Å². The van der Waals surface area contributed by atoms with Crippen LogP contribution in [0.2, 0.25) is 10.0 Å². The summed E-state index contributed by atoms with van der Waals surface area (Å²) in [7, 11) is 1.28. The van der Waals surface area contributed by atoms with E-state index in [-0.39, 0.29) is 0 Å². The SMILES string of the molecule is CN(C(=O)Cl)C(=O)C=Cc1ccc(Cl)cc1Cl. The van der Waals surface area contributed by atoms with Gasteiger partial charge in [-0.05, 0) is 35.4 Å². The molecular formula is C11H8Cl3NO2. The van der Waals surface area contributed by atoms with E-state index >= 15 is 0 Å². The monoisotopic (exact) mass is 291 g/mol. The molecule has 0 saturated heterocycles. The van der Waals surface area contributed by atoms with Crippen molar-refractivity contribution in [3.05, 3.63) is 39.9 Å². The van der Waals surface area contributed by atoms with E-state index in [1.807, 2.05) is 0 Å². The van der Waals surface area contributed by atoms with Gasteiger partial charge in [0, 0.05) is 23.2 Å². The molecular weight excluding hydrogens is 284 g/mol. The molecule has 17 heavy (non-hydrogen) atoms. The predicted molar refractivity (Wildman–Crippen MR) is 69.5 cm³/mol. The van der Waals surface area contributed by atoms with Gasteiger partial charge in [0.1, 0.15) is 0 Å². The van der Waals surface area contributed by atoms with Crippen LogP contribution in [0.25, 0.3) is 6.08 Å². The molecule has 90 valence electrons. The zero-order valence-corrected chi connectivity index (χ0v) is 11.1. The second-order valence-corrected chi connectivity index (χ2v) is 4.32. The van der Waals surface area contributed by atoms with Gasteiger partial charge >= 0.3 is 5.37 Å². The summed E-state index contributed by atoms with van der Waals surface area (Å²) in [6.45, 7) is 0. The highest BCUT2D eigenvalue weighted by Gasteiger charge is 2.10. The molecule has 0 spiro atoms. The number of carbonyl (C=O) groups is 2. The van der Waals surface area contributed by atoms with Crippen LogP contribution in [0.15, 0.2) is 24.3 Å². The number of carbonyl (C=O) groups excluding carboxylic acids is 2. The molecule has 0 fully saturated rings. The average Bonchev–Trinajstić information content (AvgIpc) is 2.26. The van der Waals surface area contributed by atoms with Crippen molar-refractivity contribution in [1.82, 2.24) is 4.90 Å². The summed E-state index contributed by atoms with van der Waals surface area (Å²) in [5.41, 5.74) is 0.625. The molecule has 0 radical (unpaired) electrons. The van der Waals surface area contributed by atoms with Gasteiger partial charge in [-0.15, -0.1) is 0 Å². The van der Waals surface area contributed by atoms with Crippen LogP contribution in [-0.2, 0) is 4.79 Å². The number of rotatable bonds is 2. The van der Waals surface area contributed by atoms with Crippen molar-refractivity contribution in [2.45, 2.75) is 0 Å². The van der Waals surface area contributed by atoms with Crippen molar-refractivity contribution in [3.63, 3.8) is 0 Å². The van der Waals surface area contributed by atoms with E-state index in [1.54, 1.807) is 18.2 Å². The number of imide groups is 1. The van der Waals surface area contributed by atoms with Crippen molar-refractivity contribution in [1.29, 1.82) is 0 Å². The van der Waals surface area contributed by atoms with Crippen molar-refractivity contribution in [2.24, 2.45) is 0 Å². The molecule has 6 heteroatoms. The third-order valence-corrected chi connectivity index (χ3v) is 2.78. The topological polar surface area (TPSA) is 37.4 Å². The second kappa shape index (κ2) is 6.05. The maximum Gasteiger partial charge on any atom is 0.323 e. The Morgan fingerprint density at radius 1 is 1.29 bits per heavy atom. The first-order valence-corrected chi connectivity index (χ1v) is 5.65. The molecule has 0 atom stereocenters. The Morgan fingerprint density at radius 3 is 2.47 bits per heavy atom. The fourth-order valence-corrected chi connectivity index (χ4v) is 1.55. The first-order chi connectivity index (χ1) is 7.91. The Balaban J connectivity index is 2.84. The van der Waals surface area contributed by atoms with Crippen molar-refractivity contribution in [3.8, 4) is 0 Å². The highest BCUT2D eigenvalue weighted by atomic mass is 35.5. The zero-order chi connectivity index (χ0) is 13.0. The minimum atomic E-state index is -0.846. The molecule has 0 unspecified atom stereocenters. The summed E-state index contributed by atoms with van der Waals surface area (Å²) in [5.74, 6) is -0.531. The first kappa shape index (κ1) is 14.0. The van der Waals surface area contributed by atoms with Gasteiger partial charge in [-0.2, -0.15) is 0 Å². The molecule has 3 nitrogen and oxygen atoms in total. The van der Waals surface area contributed by atoms with Crippen molar-refractivity contribution < 1.29 is 9.59 Å². The van der Waals surface area contributed by atoms with E-state index in [2.05, 4.69) is 0 Å². The fraction of sp³-hybridized carbons (Fsp3) is 0.0909. The molecule has 1 aromatic rings.